The summed E-state index contributed by atoms with van der Waals surface area (Å²) in [6.07, 6.45) is 2.12. The Morgan fingerprint density at radius 1 is 1.48 bits per heavy atom. The molecular weight excluding hydrogens is 290 g/mol. The van der Waals surface area contributed by atoms with E-state index in [1.807, 2.05) is 25.1 Å². The zero-order valence-corrected chi connectivity index (χ0v) is 13.0. The third kappa shape index (κ3) is 2.58. The molecule has 1 aromatic rings. The number of nitrogens with zero attached hydrogens (tertiary/aromatic N) is 2. The molecule has 1 fully saturated rings. The van der Waals surface area contributed by atoms with Crippen LogP contribution in [0.4, 0.5) is 0 Å². The number of amidine groups is 1. The molecule has 0 saturated heterocycles. The van der Waals surface area contributed by atoms with Gasteiger partial charge in [-0.2, -0.15) is 0 Å². The lowest BCUT2D eigenvalue weighted by Crippen LogP contribution is -2.54. The number of hydrogen-bond acceptors (Lipinski definition) is 3. The minimum atomic E-state index is -0.862. The molecule has 3 N–H and O–H groups in total. The van der Waals surface area contributed by atoms with E-state index in [2.05, 4.69) is 5.16 Å². The smallest absolute Gasteiger partial charge is 0.236 e. The van der Waals surface area contributed by atoms with Crippen LogP contribution in [0, 0.1) is 5.41 Å². The zero-order valence-electron chi connectivity index (χ0n) is 12.2. The first kappa shape index (κ1) is 15.6. The molecule has 2 rings (SSSR count). The quantitative estimate of drug-likeness (QED) is 0.388. The summed E-state index contributed by atoms with van der Waals surface area (Å²) < 4.78 is 0. The fourth-order valence-electron chi connectivity index (χ4n) is 2.74. The summed E-state index contributed by atoms with van der Waals surface area (Å²) in [4.78, 5) is 14.4. The van der Waals surface area contributed by atoms with E-state index in [1.54, 1.807) is 18.0 Å². The fourth-order valence-corrected chi connectivity index (χ4v) is 3.04. The molecule has 1 aliphatic carbocycles. The van der Waals surface area contributed by atoms with Gasteiger partial charge in [-0.3, -0.25) is 4.79 Å². The second kappa shape index (κ2) is 5.93. The van der Waals surface area contributed by atoms with E-state index in [1.165, 1.54) is 0 Å². The van der Waals surface area contributed by atoms with Gasteiger partial charge in [0.2, 0.25) is 5.91 Å². The standard InChI is InChI=1S/C15H20ClN3O2/c1-10(11-6-3-4-7-12(11)16)19(2)14(20)15(8-5-9-15)13(17)18-21/h3-4,6-7,10,21H,5,8-9H2,1-2H3,(H2,17,18). The first-order valence-corrected chi connectivity index (χ1v) is 7.31. The Morgan fingerprint density at radius 2 is 2.10 bits per heavy atom. The number of oxime groups is 1. The van der Waals surface area contributed by atoms with Crippen LogP contribution in [-0.2, 0) is 4.79 Å². The van der Waals surface area contributed by atoms with Crippen molar-refractivity contribution in [3.05, 3.63) is 34.9 Å². The Balaban J connectivity index is 2.25. The lowest BCUT2D eigenvalue weighted by molar-refractivity contribution is -0.142. The first-order valence-electron chi connectivity index (χ1n) is 6.93. The summed E-state index contributed by atoms with van der Waals surface area (Å²) in [5, 5.41) is 12.6. The topological polar surface area (TPSA) is 78.9 Å². The number of halogens is 1. The van der Waals surface area contributed by atoms with Gasteiger partial charge in [0.25, 0.3) is 0 Å². The Morgan fingerprint density at radius 3 is 2.57 bits per heavy atom. The van der Waals surface area contributed by atoms with Gasteiger partial charge in [0.05, 0.1) is 6.04 Å². The fraction of sp³-hybridized carbons (Fsp3) is 0.467. The van der Waals surface area contributed by atoms with Gasteiger partial charge >= 0.3 is 0 Å². The summed E-state index contributed by atoms with van der Waals surface area (Å²) >= 11 is 6.19. The summed E-state index contributed by atoms with van der Waals surface area (Å²) in [7, 11) is 1.72. The van der Waals surface area contributed by atoms with Gasteiger partial charge in [-0.15, -0.1) is 0 Å². The minimum absolute atomic E-state index is 0.00282. The van der Waals surface area contributed by atoms with E-state index in [-0.39, 0.29) is 17.8 Å². The van der Waals surface area contributed by atoms with E-state index < -0.39 is 5.41 Å². The normalized spacial score (nSPS) is 18.7. The number of rotatable bonds is 4. The molecule has 0 radical (unpaired) electrons. The third-order valence-electron chi connectivity index (χ3n) is 4.47. The highest BCUT2D eigenvalue weighted by Gasteiger charge is 2.50. The van der Waals surface area contributed by atoms with Crippen molar-refractivity contribution in [1.82, 2.24) is 4.90 Å². The zero-order chi connectivity index (χ0) is 15.6. The van der Waals surface area contributed by atoms with Crippen LogP contribution in [0.5, 0.6) is 0 Å². The van der Waals surface area contributed by atoms with Crippen LogP contribution in [0.1, 0.15) is 37.8 Å². The first-order chi connectivity index (χ1) is 9.94. The molecule has 5 nitrogen and oxygen atoms in total. The highest BCUT2D eigenvalue weighted by atomic mass is 35.5. The number of carbonyl (C=O) groups is 1. The van der Waals surface area contributed by atoms with Crippen LogP contribution in [0.2, 0.25) is 5.02 Å². The van der Waals surface area contributed by atoms with Crippen LogP contribution in [0.3, 0.4) is 0 Å². The predicted molar refractivity (Wildman–Crippen MR) is 82.3 cm³/mol. The molecule has 1 atom stereocenters. The number of benzene rings is 1. The van der Waals surface area contributed by atoms with Crippen molar-refractivity contribution in [2.45, 2.75) is 32.2 Å². The van der Waals surface area contributed by atoms with E-state index in [0.29, 0.717) is 17.9 Å². The largest absolute Gasteiger partial charge is 0.409 e. The van der Waals surface area contributed by atoms with E-state index >= 15 is 0 Å². The Hall–Kier alpha value is -1.75. The molecule has 1 aromatic carbocycles. The molecule has 1 aliphatic rings. The number of nitrogens with two attached hydrogens (primary N) is 1. The molecule has 0 aromatic heterocycles. The number of carbonyl (C=O) groups excluding carboxylic acids is 1. The molecule has 1 amide bonds. The van der Waals surface area contributed by atoms with Crippen molar-refractivity contribution in [2.75, 3.05) is 7.05 Å². The molecular formula is C15H20ClN3O2. The van der Waals surface area contributed by atoms with Gasteiger partial charge in [0.15, 0.2) is 5.84 Å². The second-order valence-corrected chi connectivity index (χ2v) is 5.94. The molecule has 0 aliphatic heterocycles. The van der Waals surface area contributed by atoms with Crippen molar-refractivity contribution in [2.24, 2.45) is 16.3 Å². The van der Waals surface area contributed by atoms with E-state index in [0.717, 1.165) is 12.0 Å². The Bertz CT molecular complexity index is 570. The van der Waals surface area contributed by atoms with Crippen LogP contribution in [0.15, 0.2) is 29.4 Å². The summed E-state index contributed by atoms with van der Waals surface area (Å²) in [5.41, 5.74) is 5.76. The molecule has 1 saturated carbocycles. The molecule has 0 heterocycles. The maximum atomic E-state index is 12.8. The summed E-state index contributed by atoms with van der Waals surface area (Å²) in [6.45, 7) is 1.91. The van der Waals surface area contributed by atoms with Crippen LogP contribution in [-0.4, -0.2) is 28.9 Å². The van der Waals surface area contributed by atoms with Crippen molar-refractivity contribution in [1.29, 1.82) is 0 Å². The van der Waals surface area contributed by atoms with Gasteiger partial charge in [0, 0.05) is 12.1 Å². The van der Waals surface area contributed by atoms with Crippen molar-refractivity contribution in [3.8, 4) is 0 Å². The summed E-state index contributed by atoms with van der Waals surface area (Å²) in [6, 6.07) is 7.25. The van der Waals surface area contributed by atoms with Crippen molar-refractivity contribution >= 4 is 23.3 Å². The van der Waals surface area contributed by atoms with Gasteiger partial charge in [0.1, 0.15) is 5.41 Å². The molecule has 21 heavy (non-hydrogen) atoms. The summed E-state index contributed by atoms with van der Waals surface area (Å²) in [5.74, 6) is -0.131. The molecule has 0 bridgehead atoms. The van der Waals surface area contributed by atoms with Crippen molar-refractivity contribution in [3.63, 3.8) is 0 Å². The molecule has 6 heteroatoms. The van der Waals surface area contributed by atoms with Crippen LogP contribution in [0.25, 0.3) is 0 Å². The second-order valence-electron chi connectivity index (χ2n) is 5.53. The average Bonchev–Trinajstić information content (AvgIpc) is 2.44. The van der Waals surface area contributed by atoms with Crippen LogP contribution >= 0.6 is 11.6 Å². The number of amides is 1. The van der Waals surface area contributed by atoms with Gasteiger partial charge < -0.3 is 15.8 Å². The lowest BCUT2D eigenvalue weighted by Gasteiger charge is -2.43. The van der Waals surface area contributed by atoms with Gasteiger partial charge in [-0.1, -0.05) is 41.4 Å². The molecule has 114 valence electrons. The minimum Gasteiger partial charge on any atom is -0.409 e. The van der Waals surface area contributed by atoms with Crippen LogP contribution < -0.4 is 5.73 Å². The van der Waals surface area contributed by atoms with E-state index in [4.69, 9.17) is 22.5 Å². The predicted octanol–water partition coefficient (Wildman–Crippen LogP) is 2.78. The van der Waals surface area contributed by atoms with Gasteiger partial charge in [-0.25, -0.2) is 0 Å². The Kier molecular flexibility index (Phi) is 4.42. The Labute approximate surface area is 129 Å². The highest BCUT2D eigenvalue weighted by Crippen LogP contribution is 2.44. The highest BCUT2D eigenvalue weighted by molar-refractivity contribution is 6.31. The third-order valence-corrected chi connectivity index (χ3v) is 4.82. The average molecular weight is 310 g/mol. The SMILES string of the molecule is CC(c1ccccc1Cl)N(C)C(=O)C1(/C(N)=N/O)CCC1. The maximum Gasteiger partial charge on any atom is 0.236 e. The van der Waals surface area contributed by atoms with Gasteiger partial charge in [-0.05, 0) is 31.4 Å². The monoisotopic (exact) mass is 309 g/mol. The molecule has 0 spiro atoms. The lowest BCUT2D eigenvalue weighted by atomic mass is 9.66. The number of hydrogen-bond donors (Lipinski definition) is 2. The maximum absolute atomic E-state index is 12.8. The molecule has 1 unspecified atom stereocenters. The van der Waals surface area contributed by atoms with Crippen molar-refractivity contribution < 1.29 is 10.0 Å². The van der Waals surface area contributed by atoms with E-state index in [9.17, 15) is 4.79 Å².